The number of nitrogens with zero attached hydrogens (tertiary/aromatic N) is 1. The molecule has 2 amide bonds. The molecule has 0 spiro atoms. The Morgan fingerprint density at radius 2 is 1.52 bits per heavy atom. The van der Waals surface area contributed by atoms with Crippen molar-refractivity contribution >= 4 is 23.5 Å². The maximum absolute atomic E-state index is 13.3. The topological polar surface area (TPSA) is 74.7 Å². The Kier molecular flexibility index (Phi) is 5.60. The molecule has 0 saturated heterocycles. The van der Waals surface area contributed by atoms with Crippen molar-refractivity contribution in [3.63, 3.8) is 0 Å². The number of hydrogen-bond acceptors (Lipinski definition) is 3. The number of carboxylic acids is 1. The van der Waals surface area contributed by atoms with Crippen molar-refractivity contribution in [1.82, 2.24) is 0 Å². The lowest BCUT2D eigenvalue weighted by atomic mass is 9.87. The van der Waals surface area contributed by atoms with Gasteiger partial charge in [0.25, 0.3) is 11.8 Å². The van der Waals surface area contributed by atoms with Crippen LogP contribution in [0, 0.1) is 0 Å². The lowest BCUT2D eigenvalue weighted by molar-refractivity contribution is 0.0696. The highest BCUT2D eigenvalue weighted by molar-refractivity contribution is 6.35. The van der Waals surface area contributed by atoms with Gasteiger partial charge in [-0.25, -0.2) is 9.69 Å². The van der Waals surface area contributed by atoms with Crippen molar-refractivity contribution in [3.8, 4) is 0 Å². The largest absolute Gasteiger partial charge is 0.478 e. The maximum Gasteiger partial charge on any atom is 0.335 e. The van der Waals surface area contributed by atoms with Gasteiger partial charge in [-0.1, -0.05) is 53.2 Å². The molecule has 152 valence electrons. The van der Waals surface area contributed by atoms with Crippen LogP contribution in [0.15, 0.2) is 30.3 Å². The number of rotatable bonds is 6. The van der Waals surface area contributed by atoms with Crippen LogP contribution in [0.5, 0.6) is 0 Å². The number of carbonyl (C=O) groups is 3. The minimum absolute atomic E-state index is 0.000505. The Morgan fingerprint density at radius 1 is 0.931 bits per heavy atom. The number of benzene rings is 2. The van der Waals surface area contributed by atoms with Crippen molar-refractivity contribution in [2.24, 2.45) is 0 Å². The molecule has 2 aromatic carbocycles. The zero-order valence-corrected chi connectivity index (χ0v) is 17.6. The van der Waals surface area contributed by atoms with E-state index in [0.29, 0.717) is 5.69 Å². The fourth-order valence-corrected chi connectivity index (χ4v) is 4.03. The highest BCUT2D eigenvalue weighted by Gasteiger charge is 2.40. The van der Waals surface area contributed by atoms with Crippen LogP contribution in [-0.4, -0.2) is 22.9 Å². The van der Waals surface area contributed by atoms with Crippen LogP contribution in [0.3, 0.4) is 0 Å². The first kappa shape index (κ1) is 20.8. The van der Waals surface area contributed by atoms with Gasteiger partial charge in [0.1, 0.15) is 0 Å². The molecular weight excluding hydrogens is 366 g/mol. The molecule has 0 fully saturated rings. The van der Waals surface area contributed by atoms with E-state index in [4.69, 9.17) is 0 Å². The average Bonchev–Trinajstić information content (AvgIpc) is 2.91. The van der Waals surface area contributed by atoms with Crippen LogP contribution in [-0.2, 0) is 6.42 Å². The van der Waals surface area contributed by atoms with Gasteiger partial charge in [-0.3, -0.25) is 9.59 Å². The molecule has 0 unspecified atom stereocenters. The summed E-state index contributed by atoms with van der Waals surface area (Å²) < 4.78 is 0. The molecule has 0 bridgehead atoms. The van der Waals surface area contributed by atoms with Gasteiger partial charge in [0, 0.05) is 0 Å². The summed E-state index contributed by atoms with van der Waals surface area (Å²) >= 11 is 0. The molecule has 0 aliphatic carbocycles. The molecule has 0 aromatic heterocycles. The van der Waals surface area contributed by atoms with Crippen LogP contribution in [0.1, 0.15) is 101 Å². The summed E-state index contributed by atoms with van der Waals surface area (Å²) in [5.41, 5.74) is 4.20. The summed E-state index contributed by atoms with van der Waals surface area (Å²) in [5.74, 6) is -1.58. The van der Waals surface area contributed by atoms with Crippen molar-refractivity contribution in [2.45, 2.75) is 59.3 Å². The molecule has 29 heavy (non-hydrogen) atoms. The smallest absolute Gasteiger partial charge is 0.335 e. The standard InChI is InChI=1S/C24H27NO4/c1-6-7-18-16(13(2)3)10-11-17(14(4)5)21(18)25-22(26)19-9-8-15(24(28)29)12-20(19)23(25)27/h8-14H,6-7H2,1-5H3,(H,28,29). The van der Waals surface area contributed by atoms with Crippen LogP contribution < -0.4 is 4.90 Å². The van der Waals surface area contributed by atoms with Gasteiger partial charge < -0.3 is 5.11 Å². The van der Waals surface area contributed by atoms with E-state index in [1.54, 1.807) is 0 Å². The number of carboxylic acid groups (broad SMARTS) is 1. The number of imide groups is 1. The molecule has 1 N–H and O–H groups in total. The highest BCUT2D eigenvalue weighted by Crippen LogP contribution is 2.40. The van der Waals surface area contributed by atoms with Gasteiger partial charge in [0.15, 0.2) is 0 Å². The SMILES string of the molecule is CCCc1c(C(C)C)ccc(C(C)C)c1N1C(=O)c2ccc(C(=O)O)cc2C1=O. The molecule has 1 heterocycles. The second kappa shape index (κ2) is 7.82. The predicted molar refractivity (Wildman–Crippen MR) is 113 cm³/mol. The molecule has 5 heteroatoms. The zero-order valence-electron chi connectivity index (χ0n) is 17.6. The van der Waals surface area contributed by atoms with Crippen molar-refractivity contribution < 1.29 is 19.5 Å². The molecule has 5 nitrogen and oxygen atoms in total. The van der Waals surface area contributed by atoms with Crippen LogP contribution in [0.4, 0.5) is 5.69 Å². The number of fused-ring (bicyclic) bond motifs is 1. The van der Waals surface area contributed by atoms with E-state index in [1.807, 2.05) is 19.9 Å². The van der Waals surface area contributed by atoms with Crippen molar-refractivity contribution in [1.29, 1.82) is 0 Å². The highest BCUT2D eigenvalue weighted by atomic mass is 16.4. The third-order valence-electron chi connectivity index (χ3n) is 5.45. The second-order valence-electron chi connectivity index (χ2n) is 8.14. The van der Waals surface area contributed by atoms with E-state index in [1.165, 1.54) is 23.1 Å². The first-order valence-corrected chi connectivity index (χ1v) is 10.1. The minimum atomic E-state index is -1.12. The lowest BCUT2D eigenvalue weighted by Gasteiger charge is -2.27. The Bertz CT molecular complexity index is 1000. The number of anilines is 1. The van der Waals surface area contributed by atoms with Gasteiger partial charge in [-0.2, -0.15) is 0 Å². The first-order valence-electron chi connectivity index (χ1n) is 10.1. The second-order valence-corrected chi connectivity index (χ2v) is 8.14. The number of aromatic carboxylic acids is 1. The van der Waals surface area contributed by atoms with Gasteiger partial charge in [-0.05, 0) is 53.1 Å². The molecule has 0 saturated carbocycles. The van der Waals surface area contributed by atoms with E-state index in [0.717, 1.165) is 29.5 Å². The maximum atomic E-state index is 13.3. The van der Waals surface area contributed by atoms with Crippen molar-refractivity contribution in [2.75, 3.05) is 4.90 Å². The van der Waals surface area contributed by atoms with E-state index in [2.05, 4.69) is 26.8 Å². The van der Waals surface area contributed by atoms with E-state index in [-0.39, 0.29) is 34.4 Å². The molecule has 1 aliphatic rings. The summed E-state index contributed by atoms with van der Waals surface area (Å²) in [6.07, 6.45) is 1.65. The van der Waals surface area contributed by atoms with Gasteiger partial charge in [0.2, 0.25) is 0 Å². The third kappa shape index (κ3) is 3.46. The Morgan fingerprint density at radius 3 is 2.07 bits per heavy atom. The van der Waals surface area contributed by atoms with Crippen molar-refractivity contribution in [3.05, 3.63) is 63.7 Å². The summed E-state index contributed by atoms with van der Waals surface area (Å²) in [6.45, 7) is 10.4. The van der Waals surface area contributed by atoms with Gasteiger partial charge in [-0.15, -0.1) is 0 Å². The number of hydrogen-bond donors (Lipinski definition) is 1. The van der Waals surface area contributed by atoms with E-state index >= 15 is 0 Å². The molecule has 3 rings (SSSR count). The van der Waals surface area contributed by atoms with Gasteiger partial charge >= 0.3 is 5.97 Å². The quantitative estimate of drug-likeness (QED) is 0.668. The Hall–Kier alpha value is -2.95. The molecule has 0 radical (unpaired) electrons. The number of carbonyl (C=O) groups excluding carboxylic acids is 2. The zero-order chi connectivity index (χ0) is 21.5. The third-order valence-corrected chi connectivity index (χ3v) is 5.45. The summed E-state index contributed by atoms with van der Waals surface area (Å²) in [5, 5.41) is 9.27. The molecule has 1 aliphatic heterocycles. The molecular formula is C24H27NO4. The van der Waals surface area contributed by atoms with Gasteiger partial charge in [0.05, 0.1) is 22.4 Å². The lowest BCUT2D eigenvalue weighted by Crippen LogP contribution is -2.32. The summed E-state index contributed by atoms with van der Waals surface area (Å²) in [7, 11) is 0. The summed E-state index contributed by atoms with van der Waals surface area (Å²) in [6, 6.07) is 8.24. The normalized spacial score (nSPS) is 13.6. The fraction of sp³-hybridized carbons (Fsp3) is 0.375. The molecule has 2 aromatic rings. The first-order chi connectivity index (χ1) is 13.7. The minimum Gasteiger partial charge on any atom is -0.478 e. The Labute approximate surface area is 171 Å². The number of amides is 2. The van der Waals surface area contributed by atoms with Crippen LogP contribution >= 0.6 is 0 Å². The van der Waals surface area contributed by atoms with E-state index < -0.39 is 11.9 Å². The summed E-state index contributed by atoms with van der Waals surface area (Å²) in [4.78, 5) is 39.2. The van der Waals surface area contributed by atoms with Crippen LogP contribution in [0.2, 0.25) is 0 Å². The van der Waals surface area contributed by atoms with Crippen LogP contribution in [0.25, 0.3) is 0 Å². The monoisotopic (exact) mass is 393 g/mol. The predicted octanol–water partition coefficient (Wildman–Crippen LogP) is 5.38. The Balaban J connectivity index is 2.26. The fourth-order valence-electron chi connectivity index (χ4n) is 4.03. The average molecular weight is 393 g/mol. The van der Waals surface area contributed by atoms with E-state index in [9.17, 15) is 19.5 Å². The molecule has 0 atom stereocenters.